The van der Waals surface area contributed by atoms with Crippen LogP contribution in [0.4, 0.5) is 0 Å². The number of unbranched alkanes of at least 4 members (excludes halogenated alkanes) is 3. The van der Waals surface area contributed by atoms with Gasteiger partial charge in [0.15, 0.2) is 0 Å². The highest BCUT2D eigenvalue weighted by atomic mass is 14.1. The summed E-state index contributed by atoms with van der Waals surface area (Å²) in [5, 5.41) is 0. The zero-order valence-corrected chi connectivity index (χ0v) is 15.0. The molecule has 20 heavy (non-hydrogen) atoms. The van der Waals surface area contributed by atoms with Gasteiger partial charge in [0, 0.05) is 0 Å². The quantitative estimate of drug-likeness (QED) is 0.274. The average molecular weight is 279 g/mol. The Kier molecular flexibility index (Phi) is 10.9. The van der Waals surface area contributed by atoms with Gasteiger partial charge in [0.2, 0.25) is 0 Å². The molecule has 0 saturated heterocycles. The number of hydrogen-bond acceptors (Lipinski definition) is 0. The first-order valence-corrected chi connectivity index (χ1v) is 8.69. The molecule has 0 aromatic carbocycles. The fraction of sp³-hybridized carbons (Fsp3) is 0.800. The second-order valence-corrected chi connectivity index (χ2v) is 7.06. The largest absolute Gasteiger partial charge is 0.0998 e. The predicted molar refractivity (Wildman–Crippen MR) is 94.1 cm³/mol. The van der Waals surface area contributed by atoms with Crippen molar-refractivity contribution in [3.05, 3.63) is 23.3 Å². The Hall–Kier alpha value is -0.520. The van der Waals surface area contributed by atoms with Gasteiger partial charge >= 0.3 is 0 Å². The molecule has 0 radical (unpaired) electrons. The van der Waals surface area contributed by atoms with Crippen molar-refractivity contribution < 1.29 is 0 Å². The maximum atomic E-state index is 4.13. The lowest BCUT2D eigenvalue weighted by molar-refractivity contribution is 0.519. The molecule has 0 amide bonds. The van der Waals surface area contributed by atoms with Crippen molar-refractivity contribution in [2.45, 2.75) is 92.9 Å². The summed E-state index contributed by atoms with van der Waals surface area (Å²) < 4.78 is 0. The first-order valence-electron chi connectivity index (χ1n) is 8.69. The fourth-order valence-electron chi connectivity index (χ4n) is 2.72. The van der Waals surface area contributed by atoms with Gasteiger partial charge in [0.1, 0.15) is 0 Å². The maximum absolute atomic E-state index is 4.13. The van der Waals surface area contributed by atoms with Gasteiger partial charge in [-0.05, 0) is 58.3 Å². The van der Waals surface area contributed by atoms with Crippen LogP contribution in [0, 0.1) is 11.8 Å². The van der Waals surface area contributed by atoms with E-state index in [9.17, 15) is 0 Å². The number of rotatable bonds is 11. The summed E-state index contributed by atoms with van der Waals surface area (Å²) in [7, 11) is 0. The van der Waals surface area contributed by atoms with Crippen LogP contribution in [0.1, 0.15) is 92.9 Å². The second kappa shape index (κ2) is 11.2. The maximum Gasteiger partial charge on any atom is -0.0174 e. The predicted octanol–water partition coefficient (Wildman–Crippen LogP) is 7.31. The molecule has 118 valence electrons. The van der Waals surface area contributed by atoms with E-state index in [1.165, 1.54) is 56.9 Å². The SMILES string of the molecule is C=C(C)C(CC)CC(C)=C(C)CCCCCCC(C)C. The molecule has 0 fully saturated rings. The van der Waals surface area contributed by atoms with Crippen LogP contribution in [0.25, 0.3) is 0 Å². The van der Waals surface area contributed by atoms with E-state index in [-0.39, 0.29) is 0 Å². The van der Waals surface area contributed by atoms with Gasteiger partial charge in [-0.15, -0.1) is 0 Å². The molecule has 0 heteroatoms. The Bertz CT molecular complexity index is 293. The second-order valence-electron chi connectivity index (χ2n) is 7.06. The number of hydrogen-bond donors (Lipinski definition) is 0. The van der Waals surface area contributed by atoms with E-state index in [1.54, 1.807) is 11.1 Å². The van der Waals surface area contributed by atoms with Crippen LogP contribution in [0.2, 0.25) is 0 Å². The molecule has 0 aromatic heterocycles. The lowest BCUT2D eigenvalue weighted by atomic mass is 9.89. The van der Waals surface area contributed by atoms with Crippen LogP contribution < -0.4 is 0 Å². The zero-order chi connectivity index (χ0) is 15.5. The Morgan fingerprint density at radius 1 is 0.900 bits per heavy atom. The average Bonchev–Trinajstić information content (AvgIpc) is 2.38. The zero-order valence-electron chi connectivity index (χ0n) is 15.0. The highest BCUT2D eigenvalue weighted by Gasteiger charge is 2.09. The summed E-state index contributed by atoms with van der Waals surface area (Å²) >= 11 is 0. The third-order valence-corrected chi connectivity index (χ3v) is 4.55. The van der Waals surface area contributed by atoms with E-state index in [4.69, 9.17) is 0 Å². The molecule has 0 bridgehead atoms. The molecule has 0 heterocycles. The minimum Gasteiger partial charge on any atom is -0.0998 e. The normalized spacial score (nSPS) is 14.3. The summed E-state index contributed by atoms with van der Waals surface area (Å²) in [4.78, 5) is 0. The summed E-state index contributed by atoms with van der Waals surface area (Å²) in [6.45, 7) is 17.9. The Labute approximate surface area is 128 Å². The molecule has 0 saturated carbocycles. The summed E-state index contributed by atoms with van der Waals surface area (Å²) in [6.07, 6.45) is 10.7. The van der Waals surface area contributed by atoms with Crippen molar-refractivity contribution in [1.29, 1.82) is 0 Å². The standard InChI is InChI=1S/C20H38/c1-8-20(17(4)5)15-19(7)18(6)14-12-10-9-11-13-16(2)3/h16,20H,4,8-15H2,1-3,5-7H3. The molecule has 0 nitrogen and oxygen atoms in total. The minimum atomic E-state index is 0.677. The van der Waals surface area contributed by atoms with Crippen LogP contribution in [0.3, 0.4) is 0 Å². The molecule has 0 aliphatic rings. The molecule has 0 spiro atoms. The van der Waals surface area contributed by atoms with Crippen molar-refractivity contribution in [3.63, 3.8) is 0 Å². The summed E-state index contributed by atoms with van der Waals surface area (Å²) in [5.41, 5.74) is 4.56. The Morgan fingerprint density at radius 3 is 2.00 bits per heavy atom. The first kappa shape index (κ1) is 19.5. The van der Waals surface area contributed by atoms with Gasteiger partial charge in [-0.1, -0.05) is 69.8 Å². The van der Waals surface area contributed by atoms with Crippen molar-refractivity contribution in [2.75, 3.05) is 0 Å². The molecule has 0 N–H and O–H groups in total. The van der Waals surface area contributed by atoms with Crippen molar-refractivity contribution >= 4 is 0 Å². The van der Waals surface area contributed by atoms with Gasteiger partial charge < -0.3 is 0 Å². The third-order valence-electron chi connectivity index (χ3n) is 4.55. The van der Waals surface area contributed by atoms with Crippen LogP contribution in [-0.2, 0) is 0 Å². The number of allylic oxidation sites excluding steroid dienone is 3. The highest BCUT2D eigenvalue weighted by Crippen LogP contribution is 2.25. The van der Waals surface area contributed by atoms with Crippen LogP contribution in [0.5, 0.6) is 0 Å². The molecule has 0 aliphatic heterocycles. The van der Waals surface area contributed by atoms with E-state index >= 15 is 0 Å². The third kappa shape index (κ3) is 9.39. The van der Waals surface area contributed by atoms with Crippen molar-refractivity contribution in [3.8, 4) is 0 Å². The van der Waals surface area contributed by atoms with E-state index in [0.717, 1.165) is 5.92 Å². The van der Waals surface area contributed by atoms with E-state index in [1.807, 2.05) is 0 Å². The van der Waals surface area contributed by atoms with E-state index in [2.05, 4.69) is 48.1 Å². The molecule has 0 rings (SSSR count). The van der Waals surface area contributed by atoms with Gasteiger partial charge in [-0.2, -0.15) is 0 Å². The van der Waals surface area contributed by atoms with Gasteiger partial charge in [-0.25, -0.2) is 0 Å². The Balaban J connectivity index is 3.95. The van der Waals surface area contributed by atoms with Gasteiger partial charge in [-0.3, -0.25) is 0 Å². The molecule has 0 aromatic rings. The van der Waals surface area contributed by atoms with Gasteiger partial charge in [0.05, 0.1) is 0 Å². The lowest BCUT2D eigenvalue weighted by Crippen LogP contribution is -2.01. The highest BCUT2D eigenvalue weighted by molar-refractivity contribution is 5.13. The molecular formula is C20H38. The van der Waals surface area contributed by atoms with Crippen LogP contribution in [-0.4, -0.2) is 0 Å². The van der Waals surface area contributed by atoms with Crippen molar-refractivity contribution in [1.82, 2.24) is 0 Å². The first-order chi connectivity index (χ1) is 9.38. The molecule has 1 atom stereocenters. The summed E-state index contributed by atoms with van der Waals surface area (Å²) in [6, 6.07) is 0. The van der Waals surface area contributed by atoms with Crippen molar-refractivity contribution in [2.24, 2.45) is 11.8 Å². The smallest absolute Gasteiger partial charge is 0.0174 e. The van der Waals surface area contributed by atoms with Crippen LogP contribution in [0.15, 0.2) is 23.3 Å². The summed E-state index contributed by atoms with van der Waals surface area (Å²) in [5.74, 6) is 1.54. The van der Waals surface area contributed by atoms with Gasteiger partial charge in [0.25, 0.3) is 0 Å². The monoisotopic (exact) mass is 278 g/mol. The Morgan fingerprint density at radius 2 is 1.50 bits per heavy atom. The molecular weight excluding hydrogens is 240 g/mol. The lowest BCUT2D eigenvalue weighted by Gasteiger charge is -2.17. The topological polar surface area (TPSA) is 0 Å². The van der Waals surface area contributed by atoms with Crippen LogP contribution >= 0.6 is 0 Å². The fourth-order valence-corrected chi connectivity index (χ4v) is 2.72. The minimum absolute atomic E-state index is 0.677. The molecule has 0 aliphatic carbocycles. The van der Waals surface area contributed by atoms with E-state index in [0.29, 0.717) is 5.92 Å². The molecule has 1 unspecified atom stereocenters. The van der Waals surface area contributed by atoms with E-state index < -0.39 is 0 Å².